The Hall–Kier alpha value is -1.45. The average molecular weight is 267 g/mol. The van der Waals surface area contributed by atoms with Gasteiger partial charge < -0.3 is 4.74 Å². The molecule has 0 atom stereocenters. The van der Waals surface area contributed by atoms with Crippen molar-refractivity contribution in [2.45, 2.75) is 41.0 Å². The Morgan fingerprint density at radius 3 is 2.53 bits per heavy atom. The summed E-state index contributed by atoms with van der Waals surface area (Å²) in [5, 5.41) is 0. The third-order valence-electron chi connectivity index (χ3n) is 2.75. The van der Waals surface area contributed by atoms with Crippen LogP contribution >= 0.6 is 0 Å². The van der Waals surface area contributed by atoms with Crippen molar-refractivity contribution in [3.8, 4) is 5.75 Å². The number of rotatable bonds is 5. The van der Waals surface area contributed by atoms with Gasteiger partial charge in [0.05, 0.1) is 18.4 Å². The second-order valence-electron chi connectivity index (χ2n) is 6.18. The molecule has 0 fully saturated rings. The largest absolute Gasteiger partial charge is 0.489 e. The second kappa shape index (κ2) is 6.13. The van der Waals surface area contributed by atoms with Crippen LogP contribution in [0.1, 0.15) is 51.4 Å². The summed E-state index contributed by atoms with van der Waals surface area (Å²) in [7, 11) is 0. The van der Waals surface area contributed by atoms with E-state index in [9.17, 15) is 9.18 Å². The van der Waals surface area contributed by atoms with Crippen molar-refractivity contribution in [1.82, 2.24) is 4.98 Å². The molecule has 1 aromatic rings. The van der Waals surface area contributed by atoms with Crippen molar-refractivity contribution >= 4 is 5.78 Å². The van der Waals surface area contributed by atoms with Gasteiger partial charge in [-0.15, -0.1) is 0 Å². The molecule has 0 unspecified atom stereocenters. The molecule has 1 rings (SSSR count). The van der Waals surface area contributed by atoms with Crippen LogP contribution in [0.15, 0.2) is 12.4 Å². The molecule has 0 aromatic carbocycles. The molecular formula is C15H22FNO2. The molecule has 0 saturated carbocycles. The molecule has 0 spiro atoms. The number of carbonyl (C=O) groups is 1. The minimum Gasteiger partial charge on any atom is -0.489 e. The van der Waals surface area contributed by atoms with Crippen LogP contribution in [0, 0.1) is 17.2 Å². The molecule has 0 saturated heterocycles. The summed E-state index contributed by atoms with van der Waals surface area (Å²) in [6, 6.07) is 0. The molecule has 0 aliphatic heterocycles. The second-order valence-corrected chi connectivity index (χ2v) is 6.18. The van der Waals surface area contributed by atoms with Crippen molar-refractivity contribution < 1.29 is 13.9 Å². The molecule has 0 aliphatic carbocycles. The monoisotopic (exact) mass is 267 g/mol. The predicted molar refractivity (Wildman–Crippen MR) is 72.9 cm³/mol. The maximum absolute atomic E-state index is 14.1. The van der Waals surface area contributed by atoms with Crippen LogP contribution in [-0.4, -0.2) is 17.4 Å². The SMILES string of the molecule is CC(C)C(=O)c1cncc(OCCC(C)(C)C)c1F. The fourth-order valence-electron chi connectivity index (χ4n) is 1.48. The highest BCUT2D eigenvalue weighted by molar-refractivity contribution is 5.97. The van der Waals surface area contributed by atoms with Crippen LogP contribution in [-0.2, 0) is 0 Å². The fourth-order valence-corrected chi connectivity index (χ4v) is 1.48. The highest BCUT2D eigenvalue weighted by atomic mass is 19.1. The van der Waals surface area contributed by atoms with Gasteiger partial charge in [0, 0.05) is 12.1 Å². The van der Waals surface area contributed by atoms with E-state index in [1.807, 2.05) is 0 Å². The van der Waals surface area contributed by atoms with Gasteiger partial charge in [-0.3, -0.25) is 9.78 Å². The highest BCUT2D eigenvalue weighted by Gasteiger charge is 2.19. The lowest BCUT2D eigenvalue weighted by atomic mass is 9.93. The summed E-state index contributed by atoms with van der Waals surface area (Å²) < 4.78 is 19.5. The third kappa shape index (κ3) is 4.62. The fraction of sp³-hybridized carbons (Fsp3) is 0.600. The Labute approximate surface area is 114 Å². The molecule has 0 radical (unpaired) electrons. The smallest absolute Gasteiger partial charge is 0.179 e. The molecule has 106 valence electrons. The van der Waals surface area contributed by atoms with Gasteiger partial charge in [-0.1, -0.05) is 34.6 Å². The number of pyridine rings is 1. The van der Waals surface area contributed by atoms with E-state index in [1.165, 1.54) is 12.4 Å². The topological polar surface area (TPSA) is 39.2 Å². The van der Waals surface area contributed by atoms with E-state index in [0.717, 1.165) is 6.42 Å². The first-order chi connectivity index (χ1) is 8.72. The van der Waals surface area contributed by atoms with E-state index < -0.39 is 5.82 Å². The molecule has 1 heterocycles. The maximum atomic E-state index is 14.1. The van der Waals surface area contributed by atoms with Gasteiger partial charge in [-0.25, -0.2) is 4.39 Å². The molecule has 0 aliphatic rings. The molecular weight excluding hydrogens is 245 g/mol. The summed E-state index contributed by atoms with van der Waals surface area (Å²) >= 11 is 0. The Bertz CT molecular complexity index is 450. The zero-order chi connectivity index (χ0) is 14.6. The number of hydrogen-bond donors (Lipinski definition) is 0. The molecule has 4 heteroatoms. The molecule has 3 nitrogen and oxygen atoms in total. The van der Waals surface area contributed by atoms with Gasteiger partial charge in [-0.2, -0.15) is 0 Å². The number of carbonyl (C=O) groups excluding carboxylic acids is 1. The van der Waals surface area contributed by atoms with E-state index >= 15 is 0 Å². The number of ketones is 1. The maximum Gasteiger partial charge on any atom is 0.179 e. The highest BCUT2D eigenvalue weighted by Crippen LogP contribution is 2.23. The first-order valence-electron chi connectivity index (χ1n) is 6.53. The molecule has 0 amide bonds. The van der Waals surface area contributed by atoms with Gasteiger partial charge in [-0.05, 0) is 11.8 Å². The zero-order valence-corrected chi connectivity index (χ0v) is 12.3. The number of halogens is 1. The summed E-state index contributed by atoms with van der Waals surface area (Å²) in [6.45, 7) is 10.1. The summed E-state index contributed by atoms with van der Waals surface area (Å²) in [4.78, 5) is 15.7. The first kappa shape index (κ1) is 15.6. The lowest BCUT2D eigenvalue weighted by Crippen LogP contribution is -2.14. The Morgan fingerprint density at radius 2 is 2.00 bits per heavy atom. The van der Waals surface area contributed by atoms with Crippen LogP contribution < -0.4 is 4.74 Å². The molecule has 19 heavy (non-hydrogen) atoms. The molecule has 0 bridgehead atoms. The summed E-state index contributed by atoms with van der Waals surface area (Å²) in [5.74, 6) is -1.08. The normalized spacial score (nSPS) is 11.7. The lowest BCUT2D eigenvalue weighted by molar-refractivity contribution is 0.0933. The number of Topliss-reactive ketones (excluding diaryl/α,β-unsaturated/α-hetero) is 1. The van der Waals surface area contributed by atoms with E-state index in [4.69, 9.17) is 4.74 Å². The van der Waals surface area contributed by atoms with Crippen LogP contribution in [0.3, 0.4) is 0 Å². The van der Waals surface area contributed by atoms with Crippen LogP contribution in [0.5, 0.6) is 5.75 Å². The standard InChI is InChI=1S/C15H22FNO2/c1-10(2)14(18)11-8-17-9-12(13(11)16)19-7-6-15(3,4)5/h8-10H,6-7H2,1-5H3. The Kier molecular flexibility index (Phi) is 5.04. The van der Waals surface area contributed by atoms with Crippen LogP contribution in [0.2, 0.25) is 0 Å². The van der Waals surface area contributed by atoms with Crippen LogP contribution in [0.4, 0.5) is 4.39 Å². The third-order valence-corrected chi connectivity index (χ3v) is 2.75. The molecule has 1 aromatic heterocycles. The van der Waals surface area contributed by atoms with Crippen molar-refractivity contribution in [2.75, 3.05) is 6.61 Å². The summed E-state index contributed by atoms with van der Waals surface area (Å²) in [6.07, 6.45) is 3.37. The number of nitrogens with zero attached hydrogens (tertiary/aromatic N) is 1. The average Bonchev–Trinajstić information content (AvgIpc) is 2.29. The van der Waals surface area contributed by atoms with E-state index in [2.05, 4.69) is 25.8 Å². The van der Waals surface area contributed by atoms with E-state index in [-0.39, 0.29) is 28.4 Å². The van der Waals surface area contributed by atoms with Gasteiger partial charge in [0.25, 0.3) is 0 Å². The van der Waals surface area contributed by atoms with Gasteiger partial charge in [0.2, 0.25) is 0 Å². The van der Waals surface area contributed by atoms with E-state index in [0.29, 0.717) is 6.61 Å². The Morgan fingerprint density at radius 1 is 1.37 bits per heavy atom. The zero-order valence-electron chi connectivity index (χ0n) is 12.3. The lowest BCUT2D eigenvalue weighted by Gasteiger charge is -2.18. The van der Waals surface area contributed by atoms with Crippen molar-refractivity contribution in [1.29, 1.82) is 0 Å². The quantitative estimate of drug-likeness (QED) is 0.760. The summed E-state index contributed by atoms with van der Waals surface area (Å²) in [5.41, 5.74) is 0.123. The minimum atomic E-state index is -0.609. The first-order valence-corrected chi connectivity index (χ1v) is 6.53. The number of hydrogen-bond acceptors (Lipinski definition) is 3. The van der Waals surface area contributed by atoms with Gasteiger partial charge in [0.1, 0.15) is 0 Å². The van der Waals surface area contributed by atoms with Crippen molar-refractivity contribution in [3.63, 3.8) is 0 Å². The van der Waals surface area contributed by atoms with Gasteiger partial charge in [0.15, 0.2) is 17.3 Å². The van der Waals surface area contributed by atoms with Crippen molar-refractivity contribution in [2.24, 2.45) is 11.3 Å². The van der Waals surface area contributed by atoms with Crippen molar-refractivity contribution in [3.05, 3.63) is 23.8 Å². The predicted octanol–water partition coefficient (Wildman–Crippen LogP) is 3.87. The molecule has 0 N–H and O–H groups in total. The Balaban J connectivity index is 2.81. The van der Waals surface area contributed by atoms with Crippen LogP contribution in [0.25, 0.3) is 0 Å². The minimum absolute atomic E-state index is 0.00302. The van der Waals surface area contributed by atoms with E-state index in [1.54, 1.807) is 13.8 Å². The number of ether oxygens (including phenoxy) is 1. The number of aromatic nitrogens is 1. The van der Waals surface area contributed by atoms with Gasteiger partial charge >= 0.3 is 0 Å².